The minimum atomic E-state index is -4.58. The van der Waals surface area contributed by atoms with Gasteiger partial charge < -0.3 is 24.5 Å². The van der Waals surface area contributed by atoms with Crippen molar-refractivity contribution in [2.24, 2.45) is 5.92 Å². The second-order valence-electron chi connectivity index (χ2n) is 11.1. The summed E-state index contributed by atoms with van der Waals surface area (Å²) in [5, 5.41) is 1.98. The van der Waals surface area contributed by atoms with Crippen molar-refractivity contribution < 1.29 is 46.6 Å². The Kier molecular flexibility index (Phi) is 9.75. The maximum absolute atomic E-state index is 14.1. The molecule has 2 aliphatic heterocycles. The Labute approximate surface area is 290 Å². The highest BCUT2D eigenvalue weighted by molar-refractivity contribution is 8.00. The van der Waals surface area contributed by atoms with Crippen LogP contribution in [0.3, 0.4) is 0 Å². The van der Waals surface area contributed by atoms with E-state index in [9.17, 15) is 37.1 Å². The van der Waals surface area contributed by atoms with Crippen molar-refractivity contribution in [3.05, 3.63) is 98.0 Å². The van der Waals surface area contributed by atoms with Crippen LogP contribution >= 0.6 is 23.1 Å². The van der Waals surface area contributed by atoms with Gasteiger partial charge in [-0.1, -0.05) is 35.2 Å². The topological polar surface area (TPSA) is 144 Å². The smallest absolute Gasteiger partial charge is 0.416 e. The lowest BCUT2D eigenvalue weighted by molar-refractivity contribution is -0.137. The first-order valence-corrected chi connectivity index (χ1v) is 17.0. The minimum absolute atomic E-state index is 0.0559. The molecule has 4 aromatic rings. The van der Waals surface area contributed by atoms with Gasteiger partial charge in [-0.05, 0) is 74.0 Å². The molecule has 11 nitrogen and oxygen atoms in total. The summed E-state index contributed by atoms with van der Waals surface area (Å²) in [6.07, 6.45) is -4.58. The lowest BCUT2D eigenvalue weighted by atomic mass is 9.83. The molecule has 6 rings (SSSR count). The summed E-state index contributed by atoms with van der Waals surface area (Å²) in [7, 11) is 0. The highest BCUT2D eigenvalue weighted by Crippen LogP contribution is 2.54. The first-order valence-electron chi connectivity index (χ1n) is 15.3. The Morgan fingerprint density at radius 3 is 2.38 bits per heavy atom. The molecule has 1 saturated heterocycles. The molecule has 2 aliphatic rings. The third kappa shape index (κ3) is 6.85. The molecule has 0 spiro atoms. The molecule has 2 N–H and O–H groups in total. The zero-order valence-corrected chi connectivity index (χ0v) is 28.0. The molecule has 50 heavy (non-hydrogen) atoms. The van der Waals surface area contributed by atoms with Gasteiger partial charge in [0.05, 0.1) is 41.0 Å². The van der Waals surface area contributed by atoms with Gasteiger partial charge in [-0.2, -0.15) is 13.2 Å². The first kappa shape index (κ1) is 34.8. The van der Waals surface area contributed by atoms with Gasteiger partial charge in [0.2, 0.25) is 11.8 Å². The summed E-state index contributed by atoms with van der Waals surface area (Å²) < 4.78 is 55.8. The molecule has 3 aromatic carbocycles. The number of aromatic nitrogens is 1. The lowest BCUT2D eigenvalue weighted by Crippen LogP contribution is -2.32. The molecule has 16 heteroatoms. The number of hydrogen-bond acceptors (Lipinski definition) is 10. The lowest BCUT2D eigenvalue weighted by Gasteiger charge is -2.30. The summed E-state index contributed by atoms with van der Waals surface area (Å²) in [5.41, 5.74) is 0.113. The summed E-state index contributed by atoms with van der Waals surface area (Å²) >= 11 is 2.04. The van der Waals surface area contributed by atoms with Crippen LogP contribution in [0.4, 0.5) is 24.5 Å². The Morgan fingerprint density at radius 2 is 1.68 bits per heavy atom. The molecule has 1 aromatic heterocycles. The number of ether oxygens (including phenoxy) is 3. The average molecular weight is 728 g/mol. The maximum Gasteiger partial charge on any atom is 0.416 e. The highest BCUT2D eigenvalue weighted by Gasteiger charge is 2.56. The monoisotopic (exact) mass is 727 g/mol. The van der Waals surface area contributed by atoms with E-state index in [1.165, 1.54) is 42.5 Å². The number of anilines is 2. The number of hydrogen-bond donors (Lipinski definition) is 2. The molecule has 3 amide bonds. The predicted octanol–water partition coefficient (Wildman–Crippen LogP) is 5.84. The quantitative estimate of drug-likeness (QED) is 0.152. The maximum atomic E-state index is 14.1. The Hall–Kier alpha value is -5.09. The number of thioether (sulfide) groups is 1. The molecule has 1 fully saturated rings. The number of alkyl halides is 3. The van der Waals surface area contributed by atoms with Crippen molar-refractivity contribution in [3.8, 4) is 11.5 Å². The van der Waals surface area contributed by atoms with Crippen LogP contribution in [0.15, 0.2) is 76.6 Å². The zero-order valence-electron chi connectivity index (χ0n) is 26.4. The van der Waals surface area contributed by atoms with E-state index in [1.807, 2.05) is 0 Å². The predicted molar refractivity (Wildman–Crippen MR) is 178 cm³/mol. The van der Waals surface area contributed by atoms with Crippen molar-refractivity contribution in [1.82, 2.24) is 4.98 Å². The van der Waals surface area contributed by atoms with E-state index in [-0.39, 0.29) is 46.5 Å². The summed E-state index contributed by atoms with van der Waals surface area (Å²) in [5.74, 6) is -3.50. The standard InChI is InChI=1S/C34H28F3N3O8S2/c1-3-46-23-14-18(10-13-22(23)48-16-24(41)38-20-7-5-6-19(15-20)34(35,36)37)25-26-28(49-29-27(25)50-33(45)39-29)31(43)40(30(26)42)21-11-8-17(9-12-21)32(44)47-4-2/h5-15,25-26,28H,3-4,16H2,1-2H3,(H,38,41)(H,39,45)/t25-,26?,28?/m1/s1. The van der Waals surface area contributed by atoms with Gasteiger partial charge in [0.25, 0.3) is 5.91 Å². The zero-order chi connectivity index (χ0) is 35.7. The highest BCUT2D eigenvalue weighted by atomic mass is 32.2. The molecule has 260 valence electrons. The molecule has 3 atom stereocenters. The molecule has 0 bridgehead atoms. The number of nitrogens with one attached hydrogen (secondary N) is 2. The van der Waals surface area contributed by atoms with E-state index in [4.69, 9.17) is 14.2 Å². The second-order valence-corrected chi connectivity index (χ2v) is 13.3. The van der Waals surface area contributed by atoms with Crippen LogP contribution in [0.25, 0.3) is 0 Å². The summed E-state index contributed by atoms with van der Waals surface area (Å²) in [4.78, 5) is 69.2. The number of carbonyl (C=O) groups is 4. The Morgan fingerprint density at radius 1 is 0.920 bits per heavy atom. The minimum Gasteiger partial charge on any atom is -0.490 e. The summed E-state index contributed by atoms with van der Waals surface area (Å²) in [6, 6.07) is 14.9. The summed E-state index contributed by atoms with van der Waals surface area (Å²) in [6.45, 7) is 3.23. The number of carbonyl (C=O) groups excluding carboxylic acids is 4. The van der Waals surface area contributed by atoms with Crippen molar-refractivity contribution in [2.75, 3.05) is 30.0 Å². The third-order valence-corrected chi connectivity index (χ3v) is 10.3. The largest absolute Gasteiger partial charge is 0.490 e. The number of benzene rings is 3. The number of aromatic amines is 1. The van der Waals surface area contributed by atoms with Crippen LogP contribution < -0.4 is 24.6 Å². The number of esters is 1. The molecular weight excluding hydrogens is 700 g/mol. The van der Waals surface area contributed by atoms with Gasteiger partial charge >= 0.3 is 17.0 Å². The van der Waals surface area contributed by atoms with Gasteiger partial charge in [-0.3, -0.25) is 19.2 Å². The molecule has 0 saturated carbocycles. The molecular formula is C34H28F3N3O8S2. The number of H-pyrrole nitrogens is 1. The van der Waals surface area contributed by atoms with E-state index in [0.717, 1.165) is 40.1 Å². The normalized spacial score (nSPS) is 18.3. The van der Waals surface area contributed by atoms with Crippen LogP contribution in [-0.4, -0.2) is 53.7 Å². The van der Waals surface area contributed by atoms with Crippen LogP contribution in [-0.2, 0) is 25.3 Å². The number of imide groups is 1. The van der Waals surface area contributed by atoms with Gasteiger partial charge in [0, 0.05) is 16.5 Å². The average Bonchev–Trinajstić information content (AvgIpc) is 3.57. The fourth-order valence-corrected chi connectivity index (χ4v) is 8.33. The fourth-order valence-electron chi connectivity index (χ4n) is 5.81. The number of amides is 3. The van der Waals surface area contributed by atoms with Gasteiger partial charge in [-0.25, -0.2) is 9.69 Å². The second kappa shape index (κ2) is 14.0. The fraction of sp³-hybridized carbons (Fsp3) is 0.265. The number of thiazole rings is 1. The Bertz CT molecular complexity index is 2030. The van der Waals surface area contributed by atoms with Crippen molar-refractivity contribution in [2.45, 2.75) is 36.2 Å². The van der Waals surface area contributed by atoms with Crippen LogP contribution in [0.2, 0.25) is 0 Å². The molecule has 0 aliphatic carbocycles. The molecule has 0 radical (unpaired) electrons. The van der Waals surface area contributed by atoms with Gasteiger partial charge in [-0.15, -0.1) is 0 Å². The van der Waals surface area contributed by atoms with Crippen LogP contribution in [0, 0.1) is 5.92 Å². The van der Waals surface area contributed by atoms with Crippen molar-refractivity contribution in [3.63, 3.8) is 0 Å². The SMILES string of the molecule is CCOC(=O)c1ccc(N2C(=O)C3Sc4[nH]c(=O)sc4[C@H](c4ccc(OCC(=O)Nc5cccc(C(F)(F)F)c5)c(OCC)c4)C3C2=O)cc1. The number of nitrogens with zero attached hydrogens (tertiary/aromatic N) is 1. The first-order chi connectivity index (χ1) is 23.9. The van der Waals surface area contributed by atoms with Crippen molar-refractivity contribution in [1.29, 1.82) is 0 Å². The number of halogens is 3. The van der Waals surface area contributed by atoms with E-state index >= 15 is 0 Å². The Balaban J connectivity index is 1.27. The van der Waals surface area contributed by atoms with Crippen LogP contribution in [0.5, 0.6) is 11.5 Å². The number of rotatable bonds is 10. The third-order valence-electron chi connectivity index (χ3n) is 7.92. The van der Waals surface area contributed by atoms with E-state index in [2.05, 4.69) is 10.3 Å². The van der Waals surface area contributed by atoms with E-state index < -0.39 is 59.1 Å². The van der Waals surface area contributed by atoms with Crippen molar-refractivity contribution >= 4 is 58.2 Å². The van der Waals surface area contributed by atoms with E-state index in [0.29, 0.717) is 15.5 Å². The molecule has 2 unspecified atom stereocenters. The van der Waals surface area contributed by atoms with Gasteiger partial charge in [0.1, 0.15) is 5.25 Å². The van der Waals surface area contributed by atoms with E-state index in [1.54, 1.807) is 26.0 Å². The molecule has 3 heterocycles. The number of fused-ring (bicyclic) bond motifs is 2. The van der Waals surface area contributed by atoms with Gasteiger partial charge in [0.15, 0.2) is 18.1 Å². The van der Waals surface area contributed by atoms with Crippen LogP contribution in [0.1, 0.15) is 46.1 Å².